The van der Waals surface area contributed by atoms with Gasteiger partial charge < -0.3 is 14.5 Å². The van der Waals surface area contributed by atoms with Crippen molar-refractivity contribution in [1.82, 2.24) is 9.97 Å². The molecule has 0 fully saturated rings. The lowest BCUT2D eigenvalue weighted by atomic mass is 10.1. The maximum atomic E-state index is 11.6. The molecule has 1 atom stereocenters. The van der Waals surface area contributed by atoms with Crippen LogP contribution in [-0.2, 0) is 0 Å². The Morgan fingerprint density at radius 2 is 1.93 bits per heavy atom. The van der Waals surface area contributed by atoms with Gasteiger partial charge in [0, 0.05) is 0 Å². The molecule has 0 amide bonds. The Balaban J connectivity index is 2.40. The van der Waals surface area contributed by atoms with Crippen LogP contribution in [0.1, 0.15) is 38.4 Å². The molecule has 0 unspecified atom stereocenters. The summed E-state index contributed by atoms with van der Waals surface area (Å²) in [5.41, 5.74) is -2.14. The second kappa shape index (κ2) is 8.84. The van der Waals surface area contributed by atoms with Crippen molar-refractivity contribution in [3.05, 3.63) is 60.4 Å². The predicted molar refractivity (Wildman–Crippen MR) is 101 cm³/mol. The van der Waals surface area contributed by atoms with Crippen LogP contribution in [0.5, 0.6) is 11.5 Å². The van der Waals surface area contributed by atoms with Gasteiger partial charge in [-0.05, 0) is 44.0 Å². The van der Waals surface area contributed by atoms with Crippen LogP contribution in [0.15, 0.2) is 27.8 Å². The summed E-state index contributed by atoms with van der Waals surface area (Å²) in [6, 6.07) is 5.20. The Morgan fingerprint density at radius 3 is 2.56 bits per heavy atom. The van der Waals surface area contributed by atoms with Crippen molar-refractivity contribution in [1.29, 1.82) is 0 Å². The van der Waals surface area contributed by atoms with Gasteiger partial charge >= 0.3 is 16.9 Å². The van der Waals surface area contributed by atoms with Crippen molar-refractivity contribution < 1.29 is 14.4 Å². The molecule has 0 aliphatic rings. The number of rotatable bonds is 8. The van der Waals surface area contributed by atoms with Crippen LogP contribution in [0.4, 0.5) is 5.69 Å². The second-order valence-corrected chi connectivity index (χ2v) is 5.74. The SMILES string of the molecule is CCOc1cc(/C=C\c2[nH]c(=O)[nH]c(=O)c2[N+](=O)[O-])ccc1O[C@@H](C)CC. The van der Waals surface area contributed by atoms with Gasteiger partial charge in [-0.15, -0.1) is 0 Å². The van der Waals surface area contributed by atoms with E-state index in [2.05, 4.69) is 4.98 Å². The van der Waals surface area contributed by atoms with Gasteiger partial charge in [0.05, 0.1) is 17.6 Å². The third-order valence-corrected chi connectivity index (χ3v) is 3.74. The maximum Gasteiger partial charge on any atom is 0.357 e. The number of hydrogen-bond acceptors (Lipinski definition) is 6. The highest BCUT2D eigenvalue weighted by Crippen LogP contribution is 2.30. The summed E-state index contributed by atoms with van der Waals surface area (Å²) in [6.45, 7) is 6.25. The fraction of sp³-hybridized carbons (Fsp3) is 0.333. The van der Waals surface area contributed by atoms with E-state index in [1.165, 1.54) is 12.2 Å². The molecule has 2 aromatic rings. The third kappa shape index (κ3) is 5.06. The fourth-order valence-corrected chi connectivity index (χ4v) is 2.27. The van der Waals surface area contributed by atoms with E-state index < -0.39 is 21.9 Å². The number of nitrogens with zero attached hydrogens (tertiary/aromatic N) is 1. The average Bonchev–Trinajstić information content (AvgIpc) is 2.60. The first-order valence-corrected chi connectivity index (χ1v) is 8.48. The number of ether oxygens (including phenoxy) is 2. The van der Waals surface area contributed by atoms with Crippen LogP contribution in [0.2, 0.25) is 0 Å². The molecule has 27 heavy (non-hydrogen) atoms. The minimum atomic E-state index is -1.06. The molecule has 9 heteroatoms. The van der Waals surface area contributed by atoms with Crippen LogP contribution in [0, 0.1) is 10.1 Å². The van der Waals surface area contributed by atoms with E-state index in [1.807, 2.05) is 25.8 Å². The molecule has 2 rings (SSSR count). The van der Waals surface area contributed by atoms with Crippen molar-refractivity contribution >= 4 is 17.8 Å². The zero-order chi connectivity index (χ0) is 20.0. The van der Waals surface area contributed by atoms with E-state index in [9.17, 15) is 19.7 Å². The number of benzene rings is 1. The van der Waals surface area contributed by atoms with E-state index in [1.54, 1.807) is 18.2 Å². The Hall–Kier alpha value is -3.36. The molecular formula is C18H21N3O6. The molecule has 2 N–H and O–H groups in total. The zero-order valence-corrected chi connectivity index (χ0v) is 15.3. The van der Waals surface area contributed by atoms with Gasteiger partial charge in [0.1, 0.15) is 5.69 Å². The lowest BCUT2D eigenvalue weighted by Gasteiger charge is -2.16. The molecule has 144 valence electrons. The van der Waals surface area contributed by atoms with Gasteiger partial charge in [0.15, 0.2) is 11.5 Å². The minimum absolute atomic E-state index is 0.0226. The summed E-state index contributed by atoms with van der Waals surface area (Å²) in [6.07, 6.45) is 3.70. The molecule has 1 aromatic carbocycles. The number of aromatic amines is 2. The number of aromatic nitrogens is 2. The monoisotopic (exact) mass is 375 g/mol. The van der Waals surface area contributed by atoms with E-state index in [0.29, 0.717) is 23.7 Å². The van der Waals surface area contributed by atoms with Crippen LogP contribution >= 0.6 is 0 Å². The van der Waals surface area contributed by atoms with Crippen molar-refractivity contribution in [2.45, 2.75) is 33.3 Å². The highest BCUT2D eigenvalue weighted by atomic mass is 16.6. The summed E-state index contributed by atoms with van der Waals surface area (Å²) in [5.74, 6) is 1.13. The maximum absolute atomic E-state index is 11.6. The van der Waals surface area contributed by atoms with Gasteiger partial charge in [0.2, 0.25) is 0 Å². The van der Waals surface area contributed by atoms with Crippen molar-refractivity contribution in [2.75, 3.05) is 6.61 Å². The summed E-state index contributed by atoms with van der Waals surface area (Å²) in [7, 11) is 0. The van der Waals surface area contributed by atoms with Gasteiger partial charge in [-0.25, -0.2) is 4.79 Å². The molecule has 0 saturated carbocycles. The third-order valence-electron chi connectivity index (χ3n) is 3.74. The second-order valence-electron chi connectivity index (χ2n) is 5.74. The fourth-order valence-electron chi connectivity index (χ4n) is 2.27. The van der Waals surface area contributed by atoms with Crippen molar-refractivity contribution in [3.63, 3.8) is 0 Å². The first-order valence-electron chi connectivity index (χ1n) is 8.48. The summed E-state index contributed by atoms with van der Waals surface area (Å²) in [4.78, 5) is 37.4. The molecule has 1 heterocycles. The Kier molecular flexibility index (Phi) is 6.53. The highest BCUT2D eigenvalue weighted by molar-refractivity contribution is 5.72. The quantitative estimate of drug-likeness (QED) is 0.539. The van der Waals surface area contributed by atoms with E-state index in [4.69, 9.17) is 9.47 Å². The van der Waals surface area contributed by atoms with Crippen molar-refractivity contribution in [2.24, 2.45) is 0 Å². The van der Waals surface area contributed by atoms with E-state index in [-0.39, 0.29) is 11.8 Å². The minimum Gasteiger partial charge on any atom is -0.490 e. The molecule has 0 saturated heterocycles. The predicted octanol–water partition coefficient (Wildman–Crippen LogP) is 2.72. The molecule has 0 aliphatic heterocycles. The molecule has 1 aromatic heterocycles. The van der Waals surface area contributed by atoms with Crippen LogP contribution in [0.25, 0.3) is 12.2 Å². The normalized spacial score (nSPS) is 12.1. The highest BCUT2D eigenvalue weighted by Gasteiger charge is 2.18. The van der Waals surface area contributed by atoms with Gasteiger partial charge in [0.25, 0.3) is 0 Å². The van der Waals surface area contributed by atoms with Crippen LogP contribution in [0.3, 0.4) is 0 Å². The van der Waals surface area contributed by atoms with Crippen LogP contribution < -0.4 is 20.7 Å². The number of nitrogens with one attached hydrogen (secondary N) is 2. The van der Waals surface area contributed by atoms with E-state index in [0.717, 1.165) is 6.42 Å². The van der Waals surface area contributed by atoms with E-state index >= 15 is 0 Å². The molecule has 0 aliphatic carbocycles. The smallest absolute Gasteiger partial charge is 0.357 e. The first-order chi connectivity index (χ1) is 12.8. The van der Waals surface area contributed by atoms with Crippen LogP contribution in [-0.4, -0.2) is 27.6 Å². The Labute approximate surface area is 154 Å². The molecular weight excluding hydrogens is 354 g/mol. The lowest BCUT2D eigenvalue weighted by Crippen LogP contribution is -2.25. The molecule has 9 nitrogen and oxygen atoms in total. The number of H-pyrrole nitrogens is 2. The summed E-state index contributed by atoms with van der Waals surface area (Å²) in [5, 5.41) is 11.1. The lowest BCUT2D eigenvalue weighted by molar-refractivity contribution is -0.386. The summed E-state index contributed by atoms with van der Waals surface area (Å²) < 4.78 is 11.4. The first kappa shape index (κ1) is 20.0. The molecule has 0 radical (unpaired) electrons. The Bertz CT molecular complexity index is 960. The molecule has 0 spiro atoms. The largest absolute Gasteiger partial charge is 0.490 e. The number of nitro groups is 1. The summed E-state index contributed by atoms with van der Waals surface area (Å²) >= 11 is 0. The Morgan fingerprint density at radius 1 is 1.19 bits per heavy atom. The van der Waals surface area contributed by atoms with Crippen molar-refractivity contribution in [3.8, 4) is 11.5 Å². The van der Waals surface area contributed by atoms with Gasteiger partial charge in [-0.3, -0.25) is 19.9 Å². The zero-order valence-electron chi connectivity index (χ0n) is 15.3. The molecule has 0 bridgehead atoms. The standard InChI is InChI=1S/C18H21N3O6/c1-4-11(3)27-14-9-7-12(10-15(14)26-5-2)6-8-13-16(21(24)25)17(22)20-18(23)19-13/h6-11H,4-5H2,1-3H3,(H2,19,20,22,23)/b8-6-/t11-/m0/s1. The number of hydrogen-bond donors (Lipinski definition) is 2. The topological polar surface area (TPSA) is 127 Å². The van der Waals surface area contributed by atoms with Gasteiger partial charge in [-0.2, -0.15) is 0 Å². The average molecular weight is 375 g/mol. The van der Waals surface area contributed by atoms with Gasteiger partial charge in [-0.1, -0.05) is 19.1 Å².